The Kier molecular flexibility index (Phi) is 7.68. The van der Waals surface area contributed by atoms with Crippen molar-refractivity contribution in [3.8, 4) is 0 Å². The lowest BCUT2D eigenvalue weighted by molar-refractivity contribution is -0.124. The molecule has 0 saturated heterocycles. The van der Waals surface area contributed by atoms with Crippen molar-refractivity contribution in [1.82, 2.24) is 15.6 Å². The van der Waals surface area contributed by atoms with Gasteiger partial charge in [-0.25, -0.2) is 4.79 Å². The van der Waals surface area contributed by atoms with Crippen LogP contribution in [-0.4, -0.2) is 35.2 Å². The van der Waals surface area contributed by atoms with Crippen molar-refractivity contribution < 1.29 is 14.3 Å². The third-order valence-corrected chi connectivity index (χ3v) is 3.57. The number of nitrogens with one attached hydrogen (secondary N) is 2. The molecule has 1 heterocycles. The molecule has 2 unspecified atom stereocenters. The lowest BCUT2D eigenvalue weighted by Crippen LogP contribution is -2.51. The molecular weight excluding hydrogens is 306 g/mol. The normalized spacial score (nSPS) is 13.7. The number of rotatable bonds is 7. The van der Waals surface area contributed by atoms with E-state index in [4.69, 9.17) is 4.74 Å². The lowest BCUT2D eigenvalue weighted by atomic mass is 9.98. The smallest absolute Gasteiger partial charge is 0.408 e. The molecule has 0 aliphatic carbocycles. The minimum atomic E-state index is -0.617. The molecule has 0 aromatic carbocycles. The zero-order chi connectivity index (χ0) is 18.2. The molecule has 0 bridgehead atoms. The van der Waals surface area contributed by atoms with Crippen LogP contribution in [-0.2, 0) is 16.0 Å². The number of aromatic nitrogens is 1. The summed E-state index contributed by atoms with van der Waals surface area (Å²) in [7, 11) is 0. The van der Waals surface area contributed by atoms with Crippen LogP contribution in [0.2, 0.25) is 0 Å². The SMILES string of the molecule is CCC(C)C(NC(=O)OC(C)(C)C)C(=O)NCCc1ccccn1. The predicted molar refractivity (Wildman–Crippen MR) is 93.6 cm³/mol. The number of pyridine rings is 1. The molecular formula is C18H29N3O3. The number of carbonyl (C=O) groups is 2. The second-order valence-corrected chi connectivity index (χ2v) is 6.87. The van der Waals surface area contributed by atoms with Crippen LogP contribution >= 0.6 is 0 Å². The van der Waals surface area contributed by atoms with Crippen molar-refractivity contribution in [2.24, 2.45) is 5.92 Å². The molecule has 1 aromatic rings. The van der Waals surface area contributed by atoms with Crippen LogP contribution in [0.15, 0.2) is 24.4 Å². The molecule has 2 N–H and O–H groups in total. The summed E-state index contributed by atoms with van der Waals surface area (Å²) in [4.78, 5) is 28.6. The highest BCUT2D eigenvalue weighted by molar-refractivity contribution is 5.85. The number of amides is 2. The Hall–Kier alpha value is -2.11. The summed E-state index contributed by atoms with van der Waals surface area (Å²) in [6.07, 6.45) is 2.57. The van der Waals surface area contributed by atoms with E-state index in [-0.39, 0.29) is 11.8 Å². The fourth-order valence-corrected chi connectivity index (χ4v) is 2.11. The minimum absolute atomic E-state index is 0.00682. The van der Waals surface area contributed by atoms with E-state index < -0.39 is 17.7 Å². The Morgan fingerprint density at radius 1 is 1.29 bits per heavy atom. The van der Waals surface area contributed by atoms with E-state index in [0.717, 1.165) is 12.1 Å². The van der Waals surface area contributed by atoms with Gasteiger partial charge >= 0.3 is 6.09 Å². The van der Waals surface area contributed by atoms with Crippen LogP contribution in [0.1, 0.15) is 46.7 Å². The van der Waals surface area contributed by atoms with Crippen molar-refractivity contribution >= 4 is 12.0 Å². The van der Waals surface area contributed by atoms with Crippen molar-refractivity contribution in [1.29, 1.82) is 0 Å². The summed E-state index contributed by atoms with van der Waals surface area (Å²) in [6, 6.07) is 5.06. The molecule has 2 atom stereocenters. The molecule has 0 spiro atoms. The fraction of sp³-hybridized carbons (Fsp3) is 0.611. The topological polar surface area (TPSA) is 80.3 Å². The maximum Gasteiger partial charge on any atom is 0.408 e. The van der Waals surface area contributed by atoms with Crippen molar-refractivity contribution in [2.45, 2.75) is 59.1 Å². The van der Waals surface area contributed by atoms with Gasteiger partial charge in [-0.2, -0.15) is 0 Å². The van der Waals surface area contributed by atoms with Crippen LogP contribution in [0.25, 0.3) is 0 Å². The molecule has 2 amide bonds. The largest absolute Gasteiger partial charge is 0.444 e. The standard InChI is InChI=1S/C18H29N3O3/c1-6-13(2)15(21-17(23)24-18(3,4)5)16(22)20-12-10-14-9-7-8-11-19-14/h7-9,11,13,15H,6,10,12H2,1-5H3,(H,20,22)(H,21,23). The van der Waals surface area contributed by atoms with Gasteiger partial charge in [-0.15, -0.1) is 0 Å². The minimum Gasteiger partial charge on any atom is -0.444 e. The number of ether oxygens (including phenoxy) is 1. The summed E-state index contributed by atoms with van der Waals surface area (Å²) in [6.45, 7) is 9.75. The van der Waals surface area contributed by atoms with Gasteiger partial charge in [-0.1, -0.05) is 26.3 Å². The van der Waals surface area contributed by atoms with Crippen LogP contribution in [0.4, 0.5) is 4.79 Å². The van der Waals surface area contributed by atoms with Gasteiger partial charge in [-0.3, -0.25) is 9.78 Å². The Balaban J connectivity index is 2.56. The number of alkyl carbamates (subject to hydrolysis) is 1. The average molecular weight is 335 g/mol. The Morgan fingerprint density at radius 2 is 2.00 bits per heavy atom. The summed E-state index contributed by atoms with van der Waals surface area (Å²) in [5, 5.41) is 5.55. The van der Waals surface area contributed by atoms with Crippen molar-refractivity contribution in [3.05, 3.63) is 30.1 Å². The number of hydrogen-bond acceptors (Lipinski definition) is 4. The molecule has 6 nitrogen and oxygen atoms in total. The van der Waals surface area contributed by atoms with Crippen molar-refractivity contribution in [2.75, 3.05) is 6.54 Å². The highest BCUT2D eigenvalue weighted by Gasteiger charge is 2.27. The molecule has 0 aliphatic rings. The molecule has 1 aromatic heterocycles. The number of carbonyl (C=O) groups excluding carboxylic acids is 2. The van der Waals surface area contributed by atoms with E-state index in [1.54, 1.807) is 27.0 Å². The quantitative estimate of drug-likeness (QED) is 0.803. The van der Waals surface area contributed by atoms with Gasteiger partial charge in [-0.05, 0) is 38.8 Å². The Morgan fingerprint density at radius 3 is 2.54 bits per heavy atom. The maximum atomic E-state index is 12.4. The molecule has 0 aliphatic heterocycles. The van der Waals surface area contributed by atoms with E-state index in [9.17, 15) is 9.59 Å². The van der Waals surface area contributed by atoms with Crippen LogP contribution in [0.3, 0.4) is 0 Å². The molecule has 24 heavy (non-hydrogen) atoms. The lowest BCUT2D eigenvalue weighted by Gasteiger charge is -2.26. The van der Waals surface area contributed by atoms with Gasteiger partial charge < -0.3 is 15.4 Å². The van der Waals surface area contributed by atoms with E-state index in [0.29, 0.717) is 13.0 Å². The molecule has 1 rings (SSSR count). The monoisotopic (exact) mass is 335 g/mol. The number of hydrogen-bond donors (Lipinski definition) is 2. The summed E-state index contributed by atoms with van der Waals surface area (Å²) in [5.41, 5.74) is 0.317. The second kappa shape index (κ2) is 9.25. The van der Waals surface area contributed by atoms with E-state index in [1.165, 1.54) is 0 Å². The van der Waals surface area contributed by atoms with Crippen molar-refractivity contribution in [3.63, 3.8) is 0 Å². The van der Waals surface area contributed by atoms with Gasteiger partial charge in [0.05, 0.1) is 0 Å². The first kappa shape index (κ1) is 19.9. The zero-order valence-corrected chi connectivity index (χ0v) is 15.3. The average Bonchev–Trinajstić information content (AvgIpc) is 2.51. The van der Waals surface area contributed by atoms with E-state index >= 15 is 0 Å². The van der Waals surface area contributed by atoms with E-state index in [1.807, 2.05) is 32.0 Å². The van der Waals surface area contributed by atoms with Gasteiger partial charge in [0.2, 0.25) is 5.91 Å². The number of nitrogens with zero attached hydrogens (tertiary/aromatic N) is 1. The molecule has 0 radical (unpaired) electrons. The highest BCUT2D eigenvalue weighted by Crippen LogP contribution is 2.11. The fourth-order valence-electron chi connectivity index (χ4n) is 2.11. The van der Waals surface area contributed by atoms with Crippen LogP contribution < -0.4 is 10.6 Å². The Bertz CT molecular complexity index is 526. The maximum absolute atomic E-state index is 12.4. The van der Waals surface area contributed by atoms with Crippen LogP contribution in [0, 0.1) is 5.92 Å². The Labute approximate surface area is 144 Å². The van der Waals surface area contributed by atoms with Gasteiger partial charge in [0.1, 0.15) is 11.6 Å². The van der Waals surface area contributed by atoms with Gasteiger partial charge in [0.15, 0.2) is 0 Å². The molecule has 134 valence electrons. The predicted octanol–water partition coefficient (Wildman–Crippen LogP) is 2.68. The molecule has 6 heteroatoms. The molecule has 0 saturated carbocycles. The van der Waals surface area contributed by atoms with Gasteiger partial charge in [0, 0.05) is 24.9 Å². The summed E-state index contributed by atoms with van der Waals surface area (Å²) in [5.74, 6) is -0.196. The van der Waals surface area contributed by atoms with Gasteiger partial charge in [0.25, 0.3) is 0 Å². The third-order valence-electron chi connectivity index (χ3n) is 3.57. The van der Waals surface area contributed by atoms with E-state index in [2.05, 4.69) is 15.6 Å². The summed E-state index contributed by atoms with van der Waals surface area (Å²) < 4.78 is 5.25. The highest BCUT2D eigenvalue weighted by atomic mass is 16.6. The first-order valence-corrected chi connectivity index (χ1v) is 8.40. The summed E-state index contributed by atoms with van der Waals surface area (Å²) >= 11 is 0. The van der Waals surface area contributed by atoms with Crippen LogP contribution in [0.5, 0.6) is 0 Å². The first-order chi connectivity index (χ1) is 11.2. The third kappa shape index (κ3) is 7.44. The molecule has 0 fully saturated rings. The second-order valence-electron chi connectivity index (χ2n) is 6.87. The first-order valence-electron chi connectivity index (χ1n) is 8.40. The zero-order valence-electron chi connectivity index (χ0n) is 15.3.